The van der Waals surface area contributed by atoms with Crippen LogP contribution in [-0.2, 0) is 0 Å². The van der Waals surface area contributed by atoms with Gasteiger partial charge in [-0.2, -0.15) is 4.98 Å². The Bertz CT molecular complexity index is 472. The van der Waals surface area contributed by atoms with Crippen molar-refractivity contribution in [1.82, 2.24) is 4.98 Å². The monoisotopic (exact) mass is 248 g/mol. The minimum Gasteiger partial charge on any atom is -0.424 e. The summed E-state index contributed by atoms with van der Waals surface area (Å²) in [5, 5.41) is 12.1. The first-order valence-corrected chi connectivity index (χ1v) is 6.31. The summed E-state index contributed by atoms with van der Waals surface area (Å²) in [4.78, 5) is 4.37. The molecule has 2 aromatic rings. The van der Waals surface area contributed by atoms with E-state index < -0.39 is 0 Å². The summed E-state index contributed by atoms with van der Waals surface area (Å²) in [5.41, 5.74) is 1.78. The molecule has 0 radical (unpaired) electrons. The number of rotatable bonds is 6. The highest BCUT2D eigenvalue weighted by molar-refractivity contribution is 5.74. The Morgan fingerprint density at radius 2 is 2.11 bits per heavy atom. The number of nitrogens with one attached hydrogen (secondary N) is 1. The van der Waals surface area contributed by atoms with Crippen LogP contribution >= 0.6 is 0 Å². The molecule has 0 aliphatic rings. The number of anilines is 1. The molecule has 0 aliphatic carbocycles. The number of hydrogen-bond acceptors (Lipinski definition) is 4. The standard InChI is InChI=1S/C14H20N2O2/c1-14(2,8-5-9-17)10-15-13-16-11-6-3-4-7-12(11)18-13/h3-4,6-7,17H,5,8-10H2,1-2H3,(H,15,16). The predicted octanol–water partition coefficient (Wildman–Crippen LogP) is 3.04. The lowest BCUT2D eigenvalue weighted by atomic mass is 9.88. The largest absolute Gasteiger partial charge is 0.424 e. The van der Waals surface area contributed by atoms with Gasteiger partial charge in [-0.1, -0.05) is 26.0 Å². The quantitative estimate of drug-likeness (QED) is 0.825. The zero-order valence-corrected chi connectivity index (χ0v) is 10.9. The summed E-state index contributed by atoms with van der Waals surface area (Å²) in [5.74, 6) is 0. The van der Waals surface area contributed by atoms with Crippen LogP contribution in [0.25, 0.3) is 11.1 Å². The molecule has 1 heterocycles. The molecular weight excluding hydrogens is 228 g/mol. The van der Waals surface area contributed by atoms with Crippen LogP contribution in [0.2, 0.25) is 0 Å². The zero-order chi connectivity index (χ0) is 13.0. The molecule has 0 aliphatic heterocycles. The van der Waals surface area contributed by atoms with Crippen LogP contribution in [0.4, 0.5) is 6.01 Å². The predicted molar refractivity (Wildman–Crippen MR) is 72.6 cm³/mol. The first-order chi connectivity index (χ1) is 8.61. The Kier molecular flexibility index (Phi) is 3.87. The molecule has 2 N–H and O–H groups in total. The maximum absolute atomic E-state index is 8.86. The van der Waals surface area contributed by atoms with Gasteiger partial charge in [0.2, 0.25) is 0 Å². The molecule has 1 aromatic heterocycles. The number of aliphatic hydroxyl groups is 1. The molecular formula is C14H20N2O2. The second kappa shape index (κ2) is 5.40. The van der Waals surface area contributed by atoms with E-state index in [0.29, 0.717) is 6.01 Å². The molecule has 0 unspecified atom stereocenters. The van der Waals surface area contributed by atoms with E-state index in [1.165, 1.54) is 0 Å². The lowest BCUT2D eigenvalue weighted by Crippen LogP contribution is -2.23. The number of para-hydroxylation sites is 2. The van der Waals surface area contributed by atoms with Crippen molar-refractivity contribution in [3.05, 3.63) is 24.3 Å². The normalized spacial score (nSPS) is 11.9. The van der Waals surface area contributed by atoms with Crippen molar-refractivity contribution in [1.29, 1.82) is 0 Å². The van der Waals surface area contributed by atoms with Gasteiger partial charge in [0.1, 0.15) is 5.52 Å². The van der Waals surface area contributed by atoms with Crippen LogP contribution in [0.1, 0.15) is 26.7 Å². The van der Waals surface area contributed by atoms with Crippen LogP contribution in [0, 0.1) is 5.41 Å². The molecule has 0 amide bonds. The van der Waals surface area contributed by atoms with Gasteiger partial charge in [0.15, 0.2) is 5.58 Å². The first-order valence-electron chi connectivity index (χ1n) is 6.31. The highest BCUT2D eigenvalue weighted by Gasteiger charge is 2.18. The number of fused-ring (bicyclic) bond motifs is 1. The second-order valence-electron chi connectivity index (χ2n) is 5.33. The minimum atomic E-state index is 0.114. The lowest BCUT2D eigenvalue weighted by molar-refractivity contribution is 0.247. The number of aliphatic hydroxyl groups excluding tert-OH is 1. The van der Waals surface area contributed by atoms with E-state index in [4.69, 9.17) is 9.52 Å². The van der Waals surface area contributed by atoms with Gasteiger partial charge in [-0.15, -0.1) is 0 Å². The summed E-state index contributed by atoms with van der Waals surface area (Å²) in [6.07, 6.45) is 1.79. The Labute approximate surface area is 107 Å². The fourth-order valence-corrected chi connectivity index (χ4v) is 1.91. The SMILES string of the molecule is CC(C)(CCCO)CNc1nc2ccccc2o1. The van der Waals surface area contributed by atoms with Crippen LogP contribution in [0.3, 0.4) is 0 Å². The summed E-state index contributed by atoms with van der Waals surface area (Å²) in [7, 11) is 0. The fourth-order valence-electron chi connectivity index (χ4n) is 1.91. The molecule has 4 heteroatoms. The van der Waals surface area contributed by atoms with Gasteiger partial charge in [-0.05, 0) is 30.4 Å². The molecule has 0 spiro atoms. The van der Waals surface area contributed by atoms with Crippen molar-refractivity contribution in [3.8, 4) is 0 Å². The second-order valence-corrected chi connectivity index (χ2v) is 5.33. The van der Waals surface area contributed by atoms with Gasteiger partial charge < -0.3 is 14.8 Å². The van der Waals surface area contributed by atoms with E-state index in [2.05, 4.69) is 24.1 Å². The van der Waals surface area contributed by atoms with Crippen molar-refractivity contribution in [2.45, 2.75) is 26.7 Å². The van der Waals surface area contributed by atoms with E-state index in [1.54, 1.807) is 0 Å². The molecule has 1 aromatic carbocycles. The third-order valence-electron chi connectivity index (χ3n) is 3.02. The number of nitrogens with zero attached hydrogens (tertiary/aromatic N) is 1. The number of hydrogen-bond donors (Lipinski definition) is 2. The van der Waals surface area contributed by atoms with Crippen LogP contribution < -0.4 is 5.32 Å². The van der Waals surface area contributed by atoms with E-state index in [9.17, 15) is 0 Å². The molecule has 98 valence electrons. The third-order valence-corrected chi connectivity index (χ3v) is 3.02. The van der Waals surface area contributed by atoms with Crippen molar-refractivity contribution < 1.29 is 9.52 Å². The number of oxazole rings is 1. The number of benzene rings is 1. The van der Waals surface area contributed by atoms with E-state index in [1.807, 2.05) is 24.3 Å². The van der Waals surface area contributed by atoms with Gasteiger partial charge in [0.25, 0.3) is 6.01 Å². The highest BCUT2D eigenvalue weighted by Crippen LogP contribution is 2.24. The van der Waals surface area contributed by atoms with E-state index >= 15 is 0 Å². The summed E-state index contributed by atoms with van der Waals surface area (Å²) < 4.78 is 5.60. The molecule has 2 rings (SSSR count). The number of aromatic nitrogens is 1. The van der Waals surface area contributed by atoms with Crippen molar-refractivity contribution in [3.63, 3.8) is 0 Å². The van der Waals surface area contributed by atoms with Crippen molar-refractivity contribution >= 4 is 17.1 Å². The summed E-state index contributed by atoms with van der Waals surface area (Å²) in [6, 6.07) is 8.28. The van der Waals surface area contributed by atoms with E-state index in [-0.39, 0.29) is 12.0 Å². The van der Waals surface area contributed by atoms with Gasteiger partial charge in [0, 0.05) is 13.2 Å². The molecule has 0 fully saturated rings. The Morgan fingerprint density at radius 1 is 1.33 bits per heavy atom. The van der Waals surface area contributed by atoms with Crippen LogP contribution in [0.5, 0.6) is 0 Å². The maximum Gasteiger partial charge on any atom is 0.295 e. The summed E-state index contributed by atoms with van der Waals surface area (Å²) >= 11 is 0. The molecule has 0 saturated carbocycles. The van der Waals surface area contributed by atoms with Gasteiger partial charge in [-0.25, -0.2) is 0 Å². The van der Waals surface area contributed by atoms with E-state index in [0.717, 1.165) is 30.5 Å². The summed E-state index contributed by atoms with van der Waals surface area (Å²) in [6.45, 7) is 5.35. The molecule has 0 saturated heterocycles. The first kappa shape index (κ1) is 12.9. The Balaban J connectivity index is 1.97. The Hall–Kier alpha value is -1.55. The molecule has 4 nitrogen and oxygen atoms in total. The Morgan fingerprint density at radius 3 is 2.83 bits per heavy atom. The van der Waals surface area contributed by atoms with Gasteiger partial charge in [-0.3, -0.25) is 0 Å². The molecule has 18 heavy (non-hydrogen) atoms. The lowest BCUT2D eigenvalue weighted by Gasteiger charge is -2.23. The minimum absolute atomic E-state index is 0.114. The molecule has 0 bridgehead atoms. The average Bonchev–Trinajstić information content (AvgIpc) is 2.77. The molecule has 0 atom stereocenters. The maximum atomic E-state index is 8.86. The third kappa shape index (κ3) is 3.23. The topological polar surface area (TPSA) is 58.3 Å². The highest BCUT2D eigenvalue weighted by atomic mass is 16.4. The van der Waals surface area contributed by atoms with Gasteiger partial charge >= 0.3 is 0 Å². The van der Waals surface area contributed by atoms with Crippen LogP contribution in [-0.4, -0.2) is 23.2 Å². The van der Waals surface area contributed by atoms with Crippen molar-refractivity contribution in [2.24, 2.45) is 5.41 Å². The van der Waals surface area contributed by atoms with Crippen molar-refractivity contribution in [2.75, 3.05) is 18.5 Å². The fraction of sp³-hybridized carbons (Fsp3) is 0.500. The smallest absolute Gasteiger partial charge is 0.295 e. The zero-order valence-electron chi connectivity index (χ0n) is 10.9. The average molecular weight is 248 g/mol. The van der Waals surface area contributed by atoms with Crippen LogP contribution in [0.15, 0.2) is 28.7 Å². The van der Waals surface area contributed by atoms with Gasteiger partial charge in [0.05, 0.1) is 0 Å².